The first-order valence-electron chi connectivity index (χ1n) is 40.6. The van der Waals surface area contributed by atoms with Gasteiger partial charge in [0, 0.05) is 12.8 Å². The normalized spacial score (nSPS) is 13.6. The van der Waals surface area contributed by atoms with Crippen molar-refractivity contribution < 1.29 is 42.1 Å². The number of unbranched alkanes of at least 4 members (excludes halogenated alkanes) is 43. The molecular weight excluding hydrogens is 1210 g/mol. The third-order valence-corrected chi connectivity index (χ3v) is 18.7. The lowest BCUT2D eigenvalue weighted by molar-refractivity contribution is -0.870. The number of rotatable bonds is 75. The van der Waals surface area contributed by atoms with Crippen LogP contribution in [0.25, 0.3) is 0 Å². The quantitative estimate of drug-likeness (QED) is 0.0195. The molecular formula is C86H154NO8P. The molecule has 0 aromatic heterocycles. The predicted molar refractivity (Wildman–Crippen MR) is 415 cm³/mol. The third kappa shape index (κ3) is 79.7. The number of hydrogen-bond donors (Lipinski definition) is 0. The van der Waals surface area contributed by atoms with Crippen molar-refractivity contribution in [3.05, 3.63) is 109 Å². The zero-order valence-corrected chi connectivity index (χ0v) is 64.5. The molecule has 0 radical (unpaired) electrons. The van der Waals surface area contributed by atoms with E-state index in [9.17, 15) is 19.0 Å². The van der Waals surface area contributed by atoms with Crippen molar-refractivity contribution in [3.63, 3.8) is 0 Å². The van der Waals surface area contributed by atoms with Crippen LogP contribution in [0.3, 0.4) is 0 Å². The molecule has 96 heavy (non-hydrogen) atoms. The number of phosphoric acid groups is 1. The van der Waals surface area contributed by atoms with E-state index in [1.807, 2.05) is 21.1 Å². The highest BCUT2D eigenvalue weighted by Gasteiger charge is 2.22. The minimum atomic E-state index is -4.65. The summed E-state index contributed by atoms with van der Waals surface area (Å²) in [5.41, 5.74) is 0. The molecule has 2 unspecified atom stereocenters. The Morgan fingerprint density at radius 3 is 0.885 bits per heavy atom. The van der Waals surface area contributed by atoms with Crippen LogP contribution in [-0.2, 0) is 32.7 Å². The molecule has 0 saturated heterocycles. The van der Waals surface area contributed by atoms with E-state index in [0.29, 0.717) is 17.4 Å². The van der Waals surface area contributed by atoms with Crippen LogP contribution < -0.4 is 4.89 Å². The number of ether oxygens (including phenoxy) is 2. The first kappa shape index (κ1) is 92.7. The highest BCUT2D eigenvalue weighted by Crippen LogP contribution is 2.38. The maximum atomic E-state index is 12.9. The molecule has 0 N–H and O–H groups in total. The number of quaternary nitrogens is 1. The topological polar surface area (TPSA) is 111 Å². The minimum Gasteiger partial charge on any atom is -0.756 e. The maximum Gasteiger partial charge on any atom is 0.306 e. The zero-order valence-electron chi connectivity index (χ0n) is 63.6. The molecule has 2 atom stereocenters. The van der Waals surface area contributed by atoms with Crippen molar-refractivity contribution in [1.29, 1.82) is 0 Å². The van der Waals surface area contributed by atoms with Gasteiger partial charge < -0.3 is 27.9 Å². The molecule has 0 heterocycles. The molecule has 0 aromatic rings. The summed E-state index contributed by atoms with van der Waals surface area (Å²) in [6, 6.07) is 0. The summed E-state index contributed by atoms with van der Waals surface area (Å²) >= 11 is 0. The highest BCUT2D eigenvalue weighted by atomic mass is 31.2. The van der Waals surface area contributed by atoms with Crippen LogP contribution in [0.1, 0.15) is 373 Å². The summed E-state index contributed by atoms with van der Waals surface area (Å²) in [5, 5.41) is 0. The van der Waals surface area contributed by atoms with E-state index in [2.05, 4.69) is 123 Å². The van der Waals surface area contributed by atoms with Crippen molar-refractivity contribution in [1.82, 2.24) is 0 Å². The fourth-order valence-corrected chi connectivity index (χ4v) is 12.3. The van der Waals surface area contributed by atoms with Gasteiger partial charge in [-0.3, -0.25) is 14.2 Å². The number of allylic oxidation sites excluding steroid dienone is 18. The maximum absolute atomic E-state index is 12.9. The molecule has 0 amide bonds. The molecule has 0 spiro atoms. The summed E-state index contributed by atoms with van der Waals surface area (Å²) in [4.78, 5) is 38.2. The van der Waals surface area contributed by atoms with Crippen molar-refractivity contribution in [2.24, 2.45) is 0 Å². The van der Waals surface area contributed by atoms with Gasteiger partial charge in [-0.05, 0) is 103 Å². The van der Waals surface area contributed by atoms with Crippen molar-refractivity contribution in [3.8, 4) is 0 Å². The van der Waals surface area contributed by atoms with E-state index in [-0.39, 0.29) is 32.0 Å². The number of nitrogens with zero attached hydrogens (tertiary/aromatic N) is 1. The number of carbonyl (C=O) groups is 2. The Morgan fingerprint density at radius 2 is 0.594 bits per heavy atom. The Labute approximate surface area is 595 Å². The van der Waals surface area contributed by atoms with Crippen molar-refractivity contribution in [2.45, 2.75) is 380 Å². The van der Waals surface area contributed by atoms with Crippen LogP contribution in [0.2, 0.25) is 0 Å². The Hall–Kier alpha value is -3.33. The molecule has 556 valence electrons. The van der Waals surface area contributed by atoms with E-state index in [1.165, 1.54) is 250 Å². The molecule has 0 rings (SSSR count). The lowest BCUT2D eigenvalue weighted by atomic mass is 10.0. The Balaban J connectivity index is 3.93. The first-order chi connectivity index (χ1) is 47.0. The van der Waals surface area contributed by atoms with E-state index < -0.39 is 26.5 Å². The van der Waals surface area contributed by atoms with Crippen LogP contribution in [0, 0.1) is 0 Å². The summed E-state index contributed by atoms with van der Waals surface area (Å²) < 4.78 is 34.4. The number of esters is 2. The van der Waals surface area contributed by atoms with Gasteiger partial charge in [-0.25, -0.2) is 0 Å². The molecule has 0 fully saturated rings. The molecule has 0 aliphatic rings. The smallest absolute Gasteiger partial charge is 0.306 e. The van der Waals surface area contributed by atoms with Gasteiger partial charge in [0.2, 0.25) is 0 Å². The molecule has 0 aromatic carbocycles. The fraction of sp³-hybridized carbons (Fsp3) is 0.767. The minimum absolute atomic E-state index is 0.0331. The van der Waals surface area contributed by atoms with E-state index in [0.717, 1.165) is 89.9 Å². The summed E-state index contributed by atoms with van der Waals surface area (Å²) in [5.74, 6) is -0.823. The SMILES string of the molecule is CC/C=C\C/C=C\C/C=C\C/C=C\C/C=C\C/C=C\CCCCCCCCCCCCCCC(=O)OC(COC(=O)CCCCCCCCCCCCCCCCCCCCCCCCCCCC/C=C\C/C=C\C/C=C\CCCCCCC)COP(=O)([O-])OCC[N+](C)(C)C. The number of likely N-dealkylation sites (N-methyl/N-ethyl adjacent to an activating group) is 1. The molecule has 0 aliphatic carbocycles. The van der Waals surface area contributed by atoms with Crippen LogP contribution in [0.4, 0.5) is 0 Å². The predicted octanol–water partition coefficient (Wildman–Crippen LogP) is 26.5. The van der Waals surface area contributed by atoms with E-state index in [1.54, 1.807) is 0 Å². The second-order valence-corrected chi connectivity index (χ2v) is 29.8. The second kappa shape index (κ2) is 75.9. The average molecular weight is 1360 g/mol. The standard InChI is InChI=1S/C86H154NO8P/c1-6-8-10-12-14-16-18-20-22-24-26-28-30-32-34-36-38-39-40-41-42-43-44-45-46-47-49-50-52-54-56-58-60-62-64-66-68-70-72-74-76-78-85(88)92-82-84(83-94-96(90,91)93-81-80-87(3,4)5)95-86(89)79-77-75-73-71-69-67-65-63-61-59-57-55-53-51-48-37-35-33-31-29-27-25-23-21-19-17-15-13-11-9-7-2/h9,11,15,17-18,20-21,23-24,26-27,29-30,32-33,35,48,51,84H,6-8,10,12-14,16,19,22,25,28,31,34,36-47,49-50,52-83H2,1-5H3/b11-9-,17-15-,20-18-,23-21-,26-24-,29-27-,32-30-,35-33-,51-48-. The Kier molecular flexibility index (Phi) is 73.2. The lowest BCUT2D eigenvalue weighted by Gasteiger charge is -2.28. The zero-order chi connectivity index (χ0) is 69.7. The molecule has 9 nitrogen and oxygen atoms in total. The van der Waals surface area contributed by atoms with E-state index >= 15 is 0 Å². The van der Waals surface area contributed by atoms with Gasteiger partial charge in [0.25, 0.3) is 7.82 Å². The number of phosphoric ester groups is 1. The number of carbonyl (C=O) groups excluding carboxylic acids is 2. The van der Waals surface area contributed by atoms with Gasteiger partial charge in [0.1, 0.15) is 19.8 Å². The summed E-state index contributed by atoms with van der Waals surface area (Å²) in [6.45, 7) is 4.15. The summed E-state index contributed by atoms with van der Waals surface area (Å²) in [6.07, 6.45) is 108. The fourth-order valence-electron chi connectivity index (χ4n) is 11.6. The van der Waals surface area contributed by atoms with Gasteiger partial charge in [-0.2, -0.15) is 0 Å². The van der Waals surface area contributed by atoms with Gasteiger partial charge in [-0.1, -0.05) is 367 Å². The van der Waals surface area contributed by atoms with Crippen LogP contribution in [0.15, 0.2) is 109 Å². The summed E-state index contributed by atoms with van der Waals surface area (Å²) in [7, 11) is 1.17. The van der Waals surface area contributed by atoms with Gasteiger partial charge >= 0.3 is 11.9 Å². The lowest BCUT2D eigenvalue weighted by Crippen LogP contribution is -2.37. The monoisotopic (exact) mass is 1360 g/mol. The van der Waals surface area contributed by atoms with Crippen LogP contribution >= 0.6 is 7.82 Å². The van der Waals surface area contributed by atoms with Gasteiger partial charge in [0.05, 0.1) is 27.7 Å². The molecule has 0 bridgehead atoms. The second-order valence-electron chi connectivity index (χ2n) is 28.4. The Morgan fingerprint density at radius 1 is 0.333 bits per heavy atom. The number of hydrogen-bond acceptors (Lipinski definition) is 8. The van der Waals surface area contributed by atoms with E-state index in [4.69, 9.17) is 18.5 Å². The van der Waals surface area contributed by atoms with Crippen LogP contribution in [0.5, 0.6) is 0 Å². The largest absolute Gasteiger partial charge is 0.756 e. The molecule has 0 saturated carbocycles. The molecule has 10 heteroatoms. The van der Waals surface area contributed by atoms with Gasteiger partial charge in [-0.15, -0.1) is 0 Å². The molecule has 0 aliphatic heterocycles. The van der Waals surface area contributed by atoms with Crippen LogP contribution in [-0.4, -0.2) is 70.0 Å². The first-order valence-corrected chi connectivity index (χ1v) is 42.1. The third-order valence-electron chi connectivity index (χ3n) is 17.8. The van der Waals surface area contributed by atoms with Crippen molar-refractivity contribution >= 4 is 19.8 Å². The van der Waals surface area contributed by atoms with Gasteiger partial charge in [0.15, 0.2) is 6.10 Å². The average Bonchev–Trinajstić information content (AvgIpc) is 1.97. The highest BCUT2D eigenvalue weighted by molar-refractivity contribution is 7.45. The Bertz CT molecular complexity index is 1990. The van der Waals surface area contributed by atoms with Crippen molar-refractivity contribution in [2.75, 3.05) is 47.5 Å².